The largest absolute Gasteiger partial charge is 0.314 e. The van der Waals surface area contributed by atoms with E-state index in [1.54, 1.807) is 6.33 Å². The van der Waals surface area contributed by atoms with Gasteiger partial charge in [-0.25, -0.2) is 9.67 Å². The van der Waals surface area contributed by atoms with Crippen molar-refractivity contribution in [2.45, 2.75) is 76.0 Å². The first-order valence-electron chi connectivity index (χ1n) is 10.3. The third kappa shape index (κ3) is 4.23. The maximum absolute atomic E-state index is 4.44. The molecule has 4 rings (SSSR count). The predicted octanol–water partition coefficient (Wildman–Crippen LogP) is 1.81. The number of hydrogen-bond acceptors (Lipinski definition) is 5. The molecule has 1 aromatic heterocycles. The molecular weight excluding hydrogens is 312 g/mol. The molecule has 1 aliphatic heterocycles. The van der Waals surface area contributed by atoms with E-state index in [1.165, 1.54) is 58.0 Å². The van der Waals surface area contributed by atoms with Gasteiger partial charge in [0.05, 0.1) is 6.04 Å². The molecule has 0 radical (unpaired) electrons. The lowest BCUT2D eigenvalue weighted by Gasteiger charge is -2.42. The molecule has 2 aliphatic carbocycles. The Labute approximate surface area is 151 Å². The van der Waals surface area contributed by atoms with Crippen LogP contribution in [0.15, 0.2) is 12.7 Å². The van der Waals surface area contributed by atoms with E-state index < -0.39 is 0 Å². The van der Waals surface area contributed by atoms with E-state index in [0.29, 0.717) is 18.1 Å². The summed E-state index contributed by atoms with van der Waals surface area (Å²) in [4.78, 5) is 6.89. The smallest absolute Gasteiger partial charge is 0.137 e. The third-order valence-corrected chi connectivity index (χ3v) is 6.67. The van der Waals surface area contributed by atoms with Gasteiger partial charge in [-0.3, -0.25) is 4.90 Å². The minimum Gasteiger partial charge on any atom is -0.314 e. The van der Waals surface area contributed by atoms with E-state index in [2.05, 4.69) is 37.2 Å². The van der Waals surface area contributed by atoms with Crippen molar-refractivity contribution in [3.8, 4) is 0 Å². The number of piperazine rings is 1. The second-order valence-electron chi connectivity index (χ2n) is 8.43. The maximum Gasteiger partial charge on any atom is 0.137 e. The van der Waals surface area contributed by atoms with Crippen molar-refractivity contribution in [2.75, 3.05) is 26.2 Å². The summed E-state index contributed by atoms with van der Waals surface area (Å²) in [7, 11) is 0. The molecular formula is C19H34N6. The number of aromatic nitrogens is 3. The predicted molar refractivity (Wildman–Crippen MR) is 99.5 cm³/mol. The van der Waals surface area contributed by atoms with Crippen molar-refractivity contribution in [1.82, 2.24) is 30.3 Å². The van der Waals surface area contributed by atoms with Gasteiger partial charge in [0.15, 0.2) is 0 Å². The molecule has 25 heavy (non-hydrogen) atoms. The Hall–Kier alpha value is -0.980. The molecule has 3 unspecified atom stereocenters. The minimum atomic E-state index is 0.470. The van der Waals surface area contributed by atoms with Gasteiger partial charge in [-0.15, -0.1) is 0 Å². The molecule has 0 bridgehead atoms. The molecule has 0 spiro atoms. The van der Waals surface area contributed by atoms with Crippen molar-refractivity contribution in [3.63, 3.8) is 0 Å². The van der Waals surface area contributed by atoms with E-state index in [0.717, 1.165) is 25.0 Å². The molecule has 3 atom stereocenters. The first-order chi connectivity index (χ1) is 12.3. The Morgan fingerprint density at radius 1 is 1.04 bits per heavy atom. The van der Waals surface area contributed by atoms with Crippen LogP contribution in [0, 0.1) is 5.92 Å². The average Bonchev–Trinajstić information content (AvgIpc) is 3.19. The lowest BCUT2D eigenvalue weighted by atomic mass is 9.82. The summed E-state index contributed by atoms with van der Waals surface area (Å²) < 4.78 is 2.10. The zero-order valence-corrected chi connectivity index (χ0v) is 15.6. The van der Waals surface area contributed by atoms with E-state index in [1.807, 2.05) is 6.33 Å². The Bertz CT molecular complexity index is 504. The van der Waals surface area contributed by atoms with Crippen LogP contribution in [0.1, 0.15) is 57.9 Å². The van der Waals surface area contributed by atoms with Crippen LogP contribution in [0.3, 0.4) is 0 Å². The first-order valence-corrected chi connectivity index (χ1v) is 10.3. The second-order valence-corrected chi connectivity index (χ2v) is 8.43. The zero-order valence-electron chi connectivity index (χ0n) is 15.6. The maximum atomic E-state index is 4.44. The highest BCUT2D eigenvalue weighted by Gasteiger charge is 2.33. The highest BCUT2D eigenvalue weighted by atomic mass is 15.3. The van der Waals surface area contributed by atoms with E-state index in [-0.39, 0.29) is 0 Å². The Kier molecular flexibility index (Phi) is 5.68. The fraction of sp³-hybridized carbons (Fsp3) is 0.895. The SMILES string of the molecule is CC1CCC(NC2CCC(N3CCNCC3)CC2)C(n2cncn2)C1. The zero-order chi connectivity index (χ0) is 17.1. The molecule has 3 aliphatic rings. The molecule has 1 aromatic rings. The van der Waals surface area contributed by atoms with Crippen LogP contribution in [0.5, 0.6) is 0 Å². The van der Waals surface area contributed by atoms with E-state index >= 15 is 0 Å². The molecule has 6 nitrogen and oxygen atoms in total. The van der Waals surface area contributed by atoms with Crippen molar-refractivity contribution in [1.29, 1.82) is 0 Å². The fourth-order valence-corrected chi connectivity index (χ4v) is 5.18. The molecule has 0 amide bonds. The first kappa shape index (κ1) is 17.4. The molecule has 140 valence electrons. The van der Waals surface area contributed by atoms with Gasteiger partial charge in [-0.1, -0.05) is 6.92 Å². The minimum absolute atomic E-state index is 0.470. The van der Waals surface area contributed by atoms with Gasteiger partial charge in [0, 0.05) is 44.3 Å². The quantitative estimate of drug-likeness (QED) is 0.871. The van der Waals surface area contributed by atoms with Gasteiger partial charge in [-0.2, -0.15) is 5.10 Å². The third-order valence-electron chi connectivity index (χ3n) is 6.67. The fourth-order valence-electron chi connectivity index (χ4n) is 5.18. The van der Waals surface area contributed by atoms with Gasteiger partial charge in [-0.05, 0) is 50.9 Å². The standard InChI is InChI=1S/C19H34N6/c1-15-2-7-18(19(12-15)25-14-21-13-22-25)23-16-3-5-17(6-4-16)24-10-8-20-9-11-24/h13-20,23H,2-12H2,1H3. The highest BCUT2D eigenvalue weighted by Crippen LogP contribution is 2.33. The van der Waals surface area contributed by atoms with Crippen LogP contribution in [-0.4, -0.2) is 64.0 Å². The van der Waals surface area contributed by atoms with Gasteiger partial charge in [0.1, 0.15) is 12.7 Å². The summed E-state index contributed by atoms with van der Waals surface area (Å²) in [5.74, 6) is 0.788. The van der Waals surface area contributed by atoms with Gasteiger partial charge < -0.3 is 10.6 Å². The molecule has 2 saturated carbocycles. The van der Waals surface area contributed by atoms with Gasteiger partial charge in [0.2, 0.25) is 0 Å². The van der Waals surface area contributed by atoms with E-state index in [9.17, 15) is 0 Å². The number of hydrogen-bond donors (Lipinski definition) is 2. The lowest BCUT2D eigenvalue weighted by molar-refractivity contribution is 0.116. The number of nitrogens with one attached hydrogen (secondary N) is 2. The van der Waals surface area contributed by atoms with Crippen LogP contribution in [0.2, 0.25) is 0 Å². The summed E-state index contributed by atoms with van der Waals surface area (Å²) in [5, 5.41) is 11.9. The molecule has 2 N–H and O–H groups in total. The Morgan fingerprint density at radius 3 is 2.56 bits per heavy atom. The van der Waals surface area contributed by atoms with Crippen LogP contribution in [0.4, 0.5) is 0 Å². The average molecular weight is 347 g/mol. The second kappa shape index (κ2) is 8.14. The molecule has 1 saturated heterocycles. The summed E-state index contributed by atoms with van der Waals surface area (Å²) in [5.41, 5.74) is 0. The van der Waals surface area contributed by atoms with Crippen molar-refractivity contribution in [3.05, 3.63) is 12.7 Å². The highest BCUT2D eigenvalue weighted by molar-refractivity contribution is 4.92. The van der Waals surface area contributed by atoms with Crippen LogP contribution in [-0.2, 0) is 0 Å². The van der Waals surface area contributed by atoms with Crippen LogP contribution in [0.25, 0.3) is 0 Å². The Balaban J connectivity index is 1.31. The van der Waals surface area contributed by atoms with E-state index in [4.69, 9.17) is 0 Å². The topological polar surface area (TPSA) is 58.0 Å². The summed E-state index contributed by atoms with van der Waals surface area (Å²) in [6, 6.07) is 2.53. The van der Waals surface area contributed by atoms with Gasteiger partial charge >= 0.3 is 0 Å². The summed E-state index contributed by atoms with van der Waals surface area (Å²) >= 11 is 0. The van der Waals surface area contributed by atoms with Gasteiger partial charge in [0.25, 0.3) is 0 Å². The normalized spacial score (nSPS) is 37.9. The Morgan fingerprint density at radius 2 is 1.84 bits per heavy atom. The molecule has 0 aromatic carbocycles. The summed E-state index contributed by atoms with van der Waals surface area (Å²) in [6.07, 6.45) is 12.8. The lowest BCUT2D eigenvalue weighted by Crippen LogP contribution is -2.52. The molecule has 3 fully saturated rings. The monoisotopic (exact) mass is 346 g/mol. The molecule has 6 heteroatoms. The summed E-state index contributed by atoms with van der Waals surface area (Å²) in [6.45, 7) is 7.17. The number of rotatable bonds is 4. The van der Waals surface area contributed by atoms with Crippen LogP contribution >= 0.6 is 0 Å². The number of nitrogens with zero attached hydrogens (tertiary/aromatic N) is 4. The van der Waals surface area contributed by atoms with Crippen LogP contribution < -0.4 is 10.6 Å². The van der Waals surface area contributed by atoms with Crippen molar-refractivity contribution < 1.29 is 0 Å². The van der Waals surface area contributed by atoms with Crippen molar-refractivity contribution >= 4 is 0 Å². The van der Waals surface area contributed by atoms with Crippen molar-refractivity contribution in [2.24, 2.45) is 5.92 Å². The molecule has 2 heterocycles.